The molecule has 1 N–H and O–H groups in total. The summed E-state index contributed by atoms with van der Waals surface area (Å²) in [4.78, 5) is 46.3. The van der Waals surface area contributed by atoms with E-state index in [0.717, 1.165) is 0 Å². The molecule has 0 aliphatic carbocycles. The van der Waals surface area contributed by atoms with Crippen molar-refractivity contribution in [2.75, 3.05) is 5.32 Å². The zero-order valence-electron chi connectivity index (χ0n) is 16.0. The number of nitro benzene ring substituents is 1. The van der Waals surface area contributed by atoms with Gasteiger partial charge in [0.15, 0.2) is 6.10 Å². The van der Waals surface area contributed by atoms with E-state index in [9.17, 15) is 24.5 Å². The average molecular weight is 410 g/mol. The fourth-order valence-corrected chi connectivity index (χ4v) is 2.76. The van der Waals surface area contributed by atoms with Crippen LogP contribution in [0, 0.1) is 10.1 Å². The number of hydrogen-bond acceptors (Lipinski definition) is 7. The summed E-state index contributed by atoms with van der Waals surface area (Å²) in [6.45, 7) is 1.60. The number of aryl methyl sites for hydroxylation is 1. The Labute approximate surface area is 170 Å². The van der Waals surface area contributed by atoms with Crippen LogP contribution in [0.2, 0.25) is 0 Å². The van der Waals surface area contributed by atoms with Gasteiger partial charge in [0.25, 0.3) is 11.6 Å². The predicted octanol–water partition coefficient (Wildman–Crippen LogP) is 2.27. The number of hydrogen-bond donors (Lipinski definition) is 1. The molecule has 3 rings (SSSR count). The zero-order valence-corrected chi connectivity index (χ0v) is 16.0. The SMILES string of the molecule is CC(OC(=O)CCn1ncc(=O)c2ccccc21)C(=O)Nc1ccc([N+](=O)[O-])cc1. The highest BCUT2D eigenvalue weighted by molar-refractivity contribution is 5.95. The van der Waals surface area contributed by atoms with Crippen LogP contribution >= 0.6 is 0 Å². The standard InChI is InChI=1S/C20H18N4O6/c1-13(20(27)22-14-6-8-15(9-7-14)24(28)29)30-19(26)10-11-23-17-5-3-2-4-16(17)18(25)12-21-23/h2-9,12-13H,10-11H2,1H3,(H,22,27). The lowest BCUT2D eigenvalue weighted by Gasteiger charge is -2.14. The highest BCUT2D eigenvalue weighted by atomic mass is 16.6. The molecule has 1 aromatic heterocycles. The molecule has 3 aromatic rings. The number of para-hydroxylation sites is 1. The summed E-state index contributed by atoms with van der Waals surface area (Å²) >= 11 is 0. The zero-order chi connectivity index (χ0) is 21.7. The lowest BCUT2D eigenvalue weighted by Crippen LogP contribution is -2.30. The molecule has 0 aliphatic heterocycles. The molecule has 0 bridgehead atoms. The Morgan fingerprint density at radius 3 is 2.60 bits per heavy atom. The summed E-state index contributed by atoms with van der Waals surface area (Å²) in [5.41, 5.74) is 0.635. The number of benzene rings is 2. The van der Waals surface area contributed by atoms with E-state index in [0.29, 0.717) is 16.6 Å². The van der Waals surface area contributed by atoms with Crippen molar-refractivity contribution in [3.63, 3.8) is 0 Å². The molecule has 1 heterocycles. The molecule has 1 unspecified atom stereocenters. The first-order chi connectivity index (χ1) is 14.3. The number of nitrogens with zero attached hydrogens (tertiary/aromatic N) is 3. The number of nitro groups is 1. The third-order valence-corrected chi connectivity index (χ3v) is 4.31. The molecule has 0 spiro atoms. The van der Waals surface area contributed by atoms with Crippen molar-refractivity contribution < 1.29 is 19.2 Å². The van der Waals surface area contributed by atoms with Crippen LogP contribution in [-0.2, 0) is 20.9 Å². The van der Waals surface area contributed by atoms with Crippen molar-refractivity contribution in [1.29, 1.82) is 0 Å². The number of amides is 1. The van der Waals surface area contributed by atoms with Crippen molar-refractivity contribution >= 4 is 34.2 Å². The van der Waals surface area contributed by atoms with Gasteiger partial charge < -0.3 is 10.1 Å². The third kappa shape index (κ3) is 4.85. The number of esters is 1. The fourth-order valence-electron chi connectivity index (χ4n) is 2.76. The van der Waals surface area contributed by atoms with E-state index in [1.165, 1.54) is 42.1 Å². The molecule has 30 heavy (non-hydrogen) atoms. The van der Waals surface area contributed by atoms with Crippen LogP contribution in [0.25, 0.3) is 10.9 Å². The van der Waals surface area contributed by atoms with E-state index in [1.807, 2.05) is 0 Å². The average Bonchev–Trinajstić information content (AvgIpc) is 2.73. The van der Waals surface area contributed by atoms with E-state index in [1.54, 1.807) is 24.3 Å². The number of non-ortho nitro benzene ring substituents is 1. The van der Waals surface area contributed by atoms with Gasteiger partial charge >= 0.3 is 5.97 Å². The smallest absolute Gasteiger partial charge is 0.308 e. The van der Waals surface area contributed by atoms with Crippen molar-refractivity contribution in [2.24, 2.45) is 0 Å². The fraction of sp³-hybridized carbons (Fsp3) is 0.200. The first-order valence-corrected chi connectivity index (χ1v) is 9.05. The van der Waals surface area contributed by atoms with Gasteiger partial charge in [0.2, 0.25) is 5.43 Å². The highest BCUT2D eigenvalue weighted by Crippen LogP contribution is 2.16. The molecule has 0 saturated heterocycles. The number of rotatable bonds is 7. The number of aromatic nitrogens is 2. The maximum Gasteiger partial charge on any atom is 0.308 e. The lowest BCUT2D eigenvalue weighted by atomic mass is 10.2. The normalized spacial score (nSPS) is 11.6. The Hall–Kier alpha value is -4.08. The molecule has 0 saturated carbocycles. The molecule has 2 aromatic carbocycles. The Morgan fingerprint density at radius 1 is 1.20 bits per heavy atom. The van der Waals surface area contributed by atoms with E-state index in [-0.39, 0.29) is 24.1 Å². The van der Waals surface area contributed by atoms with Crippen LogP contribution in [0.1, 0.15) is 13.3 Å². The van der Waals surface area contributed by atoms with Gasteiger partial charge in [-0.1, -0.05) is 12.1 Å². The largest absolute Gasteiger partial charge is 0.452 e. The van der Waals surface area contributed by atoms with Gasteiger partial charge in [-0.2, -0.15) is 5.10 Å². The van der Waals surface area contributed by atoms with E-state index in [2.05, 4.69) is 10.4 Å². The first kappa shape index (κ1) is 20.6. The minimum atomic E-state index is -1.06. The molecular weight excluding hydrogens is 392 g/mol. The number of fused-ring (bicyclic) bond motifs is 1. The molecular formula is C20H18N4O6. The number of anilines is 1. The van der Waals surface area contributed by atoms with Gasteiger partial charge in [-0.15, -0.1) is 0 Å². The predicted molar refractivity (Wildman–Crippen MR) is 108 cm³/mol. The molecule has 1 atom stereocenters. The highest BCUT2D eigenvalue weighted by Gasteiger charge is 2.18. The summed E-state index contributed by atoms with van der Waals surface area (Å²) in [7, 11) is 0. The summed E-state index contributed by atoms with van der Waals surface area (Å²) in [5, 5.41) is 17.7. The molecule has 154 valence electrons. The number of carbonyl (C=O) groups is 2. The van der Waals surface area contributed by atoms with Gasteiger partial charge in [0.1, 0.15) is 0 Å². The van der Waals surface area contributed by atoms with Crippen LogP contribution in [0.5, 0.6) is 0 Å². The summed E-state index contributed by atoms with van der Waals surface area (Å²) in [6, 6.07) is 12.2. The second-order valence-corrected chi connectivity index (χ2v) is 6.42. The molecule has 0 fully saturated rings. The monoisotopic (exact) mass is 410 g/mol. The minimum absolute atomic E-state index is 0.0466. The first-order valence-electron chi connectivity index (χ1n) is 9.05. The van der Waals surface area contributed by atoms with E-state index >= 15 is 0 Å². The minimum Gasteiger partial charge on any atom is -0.452 e. The Bertz CT molecular complexity index is 1160. The van der Waals surface area contributed by atoms with Gasteiger partial charge in [-0.05, 0) is 31.2 Å². The third-order valence-electron chi connectivity index (χ3n) is 4.31. The van der Waals surface area contributed by atoms with Gasteiger partial charge in [-0.3, -0.25) is 29.2 Å². The quantitative estimate of drug-likeness (QED) is 0.359. The molecule has 1 amide bonds. The Morgan fingerprint density at radius 2 is 1.90 bits per heavy atom. The van der Waals surface area contributed by atoms with E-state index in [4.69, 9.17) is 4.74 Å². The Kier molecular flexibility index (Phi) is 6.16. The second-order valence-electron chi connectivity index (χ2n) is 6.42. The van der Waals surface area contributed by atoms with Gasteiger partial charge in [-0.25, -0.2) is 0 Å². The summed E-state index contributed by atoms with van der Waals surface area (Å²) in [6.07, 6.45) is 0.0783. The van der Waals surface area contributed by atoms with Gasteiger partial charge in [0.05, 0.1) is 29.6 Å². The molecule has 0 aliphatic rings. The van der Waals surface area contributed by atoms with Crippen molar-refractivity contribution in [1.82, 2.24) is 9.78 Å². The van der Waals surface area contributed by atoms with Gasteiger partial charge in [0, 0.05) is 23.2 Å². The van der Waals surface area contributed by atoms with Crippen molar-refractivity contribution in [3.05, 3.63) is 75.1 Å². The van der Waals surface area contributed by atoms with E-state index < -0.39 is 22.9 Å². The van der Waals surface area contributed by atoms with Crippen LogP contribution < -0.4 is 10.7 Å². The molecule has 0 radical (unpaired) electrons. The second kappa shape index (κ2) is 8.95. The lowest BCUT2D eigenvalue weighted by molar-refractivity contribution is -0.384. The number of carbonyl (C=O) groups excluding carboxylic acids is 2. The number of ether oxygens (including phenoxy) is 1. The van der Waals surface area contributed by atoms with Crippen LogP contribution in [0.4, 0.5) is 11.4 Å². The number of nitrogens with one attached hydrogen (secondary N) is 1. The van der Waals surface area contributed by atoms with Crippen molar-refractivity contribution in [2.45, 2.75) is 26.0 Å². The molecule has 10 nitrogen and oxygen atoms in total. The van der Waals surface area contributed by atoms with Crippen LogP contribution in [0.3, 0.4) is 0 Å². The summed E-state index contributed by atoms with van der Waals surface area (Å²) < 4.78 is 6.67. The topological polar surface area (TPSA) is 133 Å². The maximum absolute atomic E-state index is 12.2. The molecule has 10 heteroatoms. The van der Waals surface area contributed by atoms with Crippen LogP contribution in [-0.4, -0.2) is 32.7 Å². The Balaban J connectivity index is 1.55. The van der Waals surface area contributed by atoms with Crippen LogP contribution in [0.15, 0.2) is 59.5 Å². The maximum atomic E-state index is 12.2. The van der Waals surface area contributed by atoms with Crippen molar-refractivity contribution in [3.8, 4) is 0 Å². The summed E-state index contributed by atoms with van der Waals surface area (Å²) in [5.74, 6) is -1.17.